The number of nitrogens with one attached hydrogen (secondary N) is 4. The first-order chi connectivity index (χ1) is 11.3. The number of halogens is 1. The molecule has 1 aliphatic rings. The van der Waals surface area contributed by atoms with E-state index in [1.807, 2.05) is 36.7 Å². The number of imidazole rings is 1. The SMILES string of the molecule is N=N/C(=C\NCCNc1ncc(-c2ccc(Br)cc2)[nH]1)C1CC1. The second-order valence-corrected chi connectivity index (χ2v) is 6.40. The molecule has 0 spiro atoms. The third-order valence-corrected chi connectivity index (χ3v) is 4.20. The predicted molar refractivity (Wildman–Crippen MR) is 94.2 cm³/mol. The lowest BCUT2D eigenvalue weighted by molar-refractivity contribution is 0.816. The largest absolute Gasteiger partial charge is 0.388 e. The van der Waals surface area contributed by atoms with Gasteiger partial charge in [0.15, 0.2) is 0 Å². The Bertz CT molecular complexity index is 687. The van der Waals surface area contributed by atoms with E-state index in [1.54, 1.807) is 0 Å². The molecule has 23 heavy (non-hydrogen) atoms. The molecule has 3 rings (SSSR count). The summed E-state index contributed by atoms with van der Waals surface area (Å²) in [7, 11) is 0. The third-order valence-electron chi connectivity index (χ3n) is 3.67. The van der Waals surface area contributed by atoms with Crippen LogP contribution in [0, 0.1) is 11.4 Å². The Morgan fingerprint density at radius 2 is 2.13 bits per heavy atom. The Balaban J connectivity index is 1.46. The van der Waals surface area contributed by atoms with Gasteiger partial charge in [0.2, 0.25) is 5.95 Å². The molecule has 1 fully saturated rings. The van der Waals surface area contributed by atoms with Crippen molar-refractivity contribution >= 4 is 21.9 Å². The quantitative estimate of drug-likeness (QED) is 0.413. The predicted octanol–water partition coefficient (Wildman–Crippen LogP) is 4.12. The van der Waals surface area contributed by atoms with E-state index in [0.29, 0.717) is 5.92 Å². The molecule has 0 amide bonds. The minimum atomic E-state index is 0.492. The lowest BCUT2D eigenvalue weighted by Crippen LogP contribution is -2.18. The number of anilines is 1. The molecule has 1 saturated carbocycles. The number of benzene rings is 1. The number of rotatable bonds is 8. The van der Waals surface area contributed by atoms with Gasteiger partial charge in [-0.2, -0.15) is 5.11 Å². The molecule has 1 aromatic carbocycles. The molecule has 1 heterocycles. The van der Waals surface area contributed by atoms with Gasteiger partial charge in [-0.3, -0.25) is 0 Å². The number of H-pyrrole nitrogens is 1. The van der Waals surface area contributed by atoms with Crippen LogP contribution in [0.15, 0.2) is 51.9 Å². The van der Waals surface area contributed by atoms with Gasteiger partial charge in [-0.1, -0.05) is 28.1 Å². The molecule has 6 nitrogen and oxygen atoms in total. The molecule has 1 aromatic heterocycles. The summed E-state index contributed by atoms with van der Waals surface area (Å²) in [6.45, 7) is 1.49. The molecule has 0 bridgehead atoms. The summed E-state index contributed by atoms with van der Waals surface area (Å²) in [5, 5.41) is 9.98. The average molecular weight is 375 g/mol. The van der Waals surface area contributed by atoms with Crippen molar-refractivity contribution in [1.82, 2.24) is 15.3 Å². The smallest absolute Gasteiger partial charge is 0.200 e. The minimum absolute atomic E-state index is 0.492. The molecule has 0 aliphatic heterocycles. The maximum atomic E-state index is 7.13. The minimum Gasteiger partial charge on any atom is -0.388 e. The Kier molecular flexibility index (Phi) is 5.07. The maximum absolute atomic E-state index is 7.13. The average Bonchev–Trinajstić information content (AvgIpc) is 3.30. The van der Waals surface area contributed by atoms with Crippen molar-refractivity contribution in [2.45, 2.75) is 12.8 Å². The van der Waals surface area contributed by atoms with Crippen LogP contribution in [0.4, 0.5) is 5.95 Å². The van der Waals surface area contributed by atoms with Crippen LogP contribution in [0.2, 0.25) is 0 Å². The van der Waals surface area contributed by atoms with Crippen LogP contribution < -0.4 is 10.6 Å². The summed E-state index contributed by atoms with van der Waals surface area (Å²) in [5.74, 6) is 1.24. The van der Waals surface area contributed by atoms with E-state index in [-0.39, 0.29) is 0 Å². The molecule has 0 saturated heterocycles. The molecular weight excluding hydrogens is 356 g/mol. The second kappa shape index (κ2) is 7.41. The molecule has 1 aliphatic carbocycles. The van der Waals surface area contributed by atoms with E-state index in [0.717, 1.165) is 53.3 Å². The van der Waals surface area contributed by atoms with Crippen molar-refractivity contribution in [2.24, 2.45) is 11.0 Å². The highest BCUT2D eigenvalue weighted by molar-refractivity contribution is 9.10. The van der Waals surface area contributed by atoms with Crippen LogP contribution in [-0.4, -0.2) is 23.1 Å². The lowest BCUT2D eigenvalue weighted by Gasteiger charge is -2.04. The van der Waals surface area contributed by atoms with Crippen molar-refractivity contribution in [2.75, 3.05) is 18.4 Å². The van der Waals surface area contributed by atoms with E-state index in [9.17, 15) is 0 Å². The van der Waals surface area contributed by atoms with Crippen molar-refractivity contribution in [1.29, 1.82) is 5.53 Å². The molecule has 2 aromatic rings. The van der Waals surface area contributed by atoms with E-state index in [4.69, 9.17) is 5.53 Å². The zero-order chi connectivity index (χ0) is 16.1. The fraction of sp³-hybridized carbons (Fsp3) is 0.312. The van der Waals surface area contributed by atoms with Crippen molar-refractivity contribution in [3.05, 3.63) is 46.8 Å². The lowest BCUT2D eigenvalue weighted by atomic mass is 10.2. The highest BCUT2D eigenvalue weighted by Gasteiger charge is 2.25. The topological polar surface area (TPSA) is 88.9 Å². The normalized spacial score (nSPS) is 14.6. The van der Waals surface area contributed by atoms with Gasteiger partial charge in [-0.05, 0) is 30.5 Å². The zero-order valence-electron chi connectivity index (χ0n) is 12.6. The molecule has 0 unspecified atom stereocenters. The Morgan fingerprint density at radius 3 is 2.83 bits per heavy atom. The van der Waals surface area contributed by atoms with Crippen LogP contribution >= 0.6 is 15.9 Å². The highest BCUT2D eigenvalue weighted by Crippen LogP contribution is 2.36. The van der Waals surface area contributed by atoms with Crippen LogP contribution in [0.25, 0.3) is 11.3 Å². The van der Waals surface area contributed by atoms with Gasteiger partial charge >= 0.3 is 0 Å². The molecule has 7 heteroatoms. The fourth-order valence-corrected chi connectivity index (χ4v) is 2.50. The first-order valence-corrected chi connectivity index (χ1v) is 8.41. The number of aromatic amines is 1. The van der Waals surface area contributed by atoms with Crippen LogP contribution in [0.1, 0.15) is 12.8 Å². The van der Waals surface area contributed by atoms with Gasteiger partial charge in [0, 0.05) is 29.7 Å². The summed E-state index contributed by atoms with van der Waals surface area (Å²) < 4.78 is 1.06. The van der Waals surface area contributed by atoms with Crippen molar-refractivity contribution < 1.29 is 0 Å². The molecule has 0 radical (unpaired) electrons. The van der Waals surface area contributed by atoms with Gasteiger partial charge in [-0.25, -0.2) is 10.5 Å². The number of hydrogen-bond acceptors (Lipinski definition) is 5. The zero-order valence-corrected chi connectivity index (χ0v) is 14.2. The van der Waals surface area contributed by atoms with E-state index >= 15 is 0 Å². The van der Waals surface area contributed by atoms with Crippen LogP contribution in [0.5, 0.6) is 0 Å². The van der Waals surface area contributed by atoms with E-state index in [2.05, 4.69) is 41.6 Å². The number of nitrogens with zero attached hydrogens (tertiary/aromatic N) is 2. The Labute approximate surface area is 143 Å². The van der Waals surface area contributed by atoms with E-state index < -0.39 is 0 Å². The summed E-state index contributed by atoms with van der Waals surface area (Å²) in [5.41, 5.74) is 10.1. The highest BCUT2D eigenvalue weighted by atomic mass is 79.9. The third kappa shape index (κ3) is 4.41. The monoisotopic (exact) mass is 374 g/mol. The van der Waals surface area contributed by atoms with Gasteiger partial charge in [-0.15, -0.1) is 0 Å². The summed E-state index contributed by atoms with van der Waals surface area (Å²) in [6, 6.07) is 8.09. The number of allylic oxidation sites excluding steroid dienone is 1. The molecule has 4 N–H and O–H groups in total. The fourth-order valence-electron chi connectivity index (χ4n) is 2.24. The van der Waals surface area contributed by atoms with Crippen LogP contribution in [-0.2, 0) is 0 Å². The second-order valence-electron chi connectivity index (χ2n) is 5.49. The van der Waals surface area contributed by atoms with Crippen molar-refractivity contribution in [3.63, 3.8) is 0 Å². The summed E-state index contributed by atoms with van der Waals surface area (Å²) >= 11 is 3.43. The number of aromatic nitrogens is 2. The standard InChI is InChI=1S/C16H19BrN6/c17-13-5-3-11(4-6-13)14-10-21-16(22-14)20-8-7-19-9-15(23-18)12-1-2-12/h3-6,9-10,12,18-19H,1-2,7-8H2,(H2,20,21,22)/b15-9-,23-18?. The first kappa shape index (κ1) is 15.7. The summed E-state index contributed by atoms with van der Waals surface area (Å²) in [6.07, 6.45) is 5.98. The molecule has 120 valence electrons. The summed E-state index contributed by atoms with van der Waals surface area (Å²) in [4.78, 5) is 7.59. The maximum Gasteiger partial charge on any atom is 0.200 e. The van der Waals surface area contributed by atoms with Crippen LogP contribution in [0.3, 0.4) is 0 Å². The van der Waals surface area contributed by atoms with Gasteiger partial charge in [0.1, 0.15) is 0 Å². The van der Waals surface area contributed by atoms with Gasteiger partial charge in [0.05, 0.1) is 17.6 Å². The molecule has 0 atom stereocenters. The van der Waals surface area contributed by atoms with Gasteiger partial charge in [0.25, 0.3) is 0 Å². The van der Waals surface area contributed by atoms with Gasteiger partial charge < -0.3 is 15.6 Å². The number of hydrogen-bond donors (Lipinski definition) is 4. The Morgan fingerprint density at radius 1 is 1.35 bits per heavy atom. The van der Waals surface area contributed by atoms with E-state index in [1.165, 1.54) is 0 Å². The Hall–Kier alpha value is -2.15. The van der Waals surface area contributed by atoms with Crippen molar-refractivity contribution in [3.8, 4) is 11.3 Å². The first-order valence-electron chi connectivity index (χ1n) is 7.62. The molecular formula is C16H19BrN6.